The van der Waals surface area contributed by atoms with Crippen LogP contribution in [0.3, 0.4) is 0 Å². The lowest BCUT2D eigenvalue weighted by molar-refractivity contribution is 0.190. The Bertz CT molecular complexity index is 195. The standard InChI is InChI=1S/C16H34N2/c1-5-11-18-12-9-16(10-13-18)17-15(4)8-6-7-14(2)3/h14-17H,5-13H2,1-4H3/t15-/m0/s1. The van der Waals surface area contributed by atoms with Crippen LogP contribution in [0.1, 0.15) is 66.2 Å². The molecule has 1 saturated heterocycles. The van der Waals surface area contributed by atoms with E-state index < -0.39 is 0 Å². The highest BCUT2D eigenvalue weighted by Gasteiger charge is 2.19. The number of piperidine rings is 1. The van der Waals surface area contributed by atoms with E-state index in [4.69, 9.17) is 0 Å². The van der Waals surface area contributed by atoms with Gasteiger partial charge in [0.05, 0.1) is 0 Å². The van der Waals surface area contributed by atoms with E-state index in [1.165, 1.54) is 58.2 Å². The molecule has 1 aliphatic heterocycles. The number of rotatable bonds is 8. The summed E-state index contributed by atoms with van der Waals surface area (Å²) >= 11 is 0. The van der Waals surface area contributed by atoms with Crippen LogP contribution in [-0.4, -0.2) is 36.6 Å². The largest absolute Gasteiger partial charge is 0.311 e. The third kappa shape index (κ3) is 6.75. The number of nitrogens with zero attached hydrogens (tertiary/aromatic N) is 1. The highest BCUT2D eigenvalue weighted by atomic mass is 15.1. The maximum absolute atomic E-state index is 3.83. The molecule has 1 atom stereocenters. The van der Waals surface area contributed by atoms with Gasteiger partial charge in [0.2, 0.25) is 0 Å². The van der Waals surface area contributed by atoms with Crippen LogP contribution < -0.4 is 5.32 Å². The maximum Gasteiger partial charge on any atom is 0.00938 e. The van der Waals surface area contributed by atoms with Crippen molar-refractivity contribution in [1.82, 2.24) is 10.2 Å². The monoisotopic (exact) mass is 254 g/mol. The molecule has 2 heteroatoms. The summed E-state index contributed by atoms with van der Waals surface area (Å²) in [5, 5.41) is 3.83. The minimum absolute atomic E-state index is 0.700. The Morgan fingerprint density at radius 3 is 2.33 bits per heavy atom. The van der Waals surface area contributed by atoms with E-state index in [2.05, 4.69) is 37.9 Å². The Morgan fingerprint density at radius 2 is 1.78 bits per heavy atom. The van der Waals surface area contributed by atoms with Gasteiger partial charge in [-0.15, -0.1) is 0 Å². The second-order valence-corrected chi connectivity index (χ2v) is 6.51. The minimum atomic E-state index is 0.700. The molecule has 0 amide bonds. The molecule has 18 heavy (non-hydrogen) atoms. The van der Waals surface area contributed by atoms with E-state index >= 15 is 0 Å². The molecule has 1 heterocycles. The van der Waals surface area contributed by atoms with Gasteiger partial charge in [-0.05, 0) is 58.2 Å². The van der Waals surface area contributed by atoms with Crippen molar-refractivity contribution in [2.24, 2.45) is 5.92 Å². The van der Waals surface area contributed by atoms with Crippen LogP contribution in [0.25, 0.3) is 0 Å². The first-order valence-corrected chi connectivity index (χ1v) is 8.10. The Labute approximate surface area is 115 Å². The lowest BCUT2D eigenvalue weighted by atomic mass is 10.0. The molecular formula is C16H34N2. The molecule has 1 aliphatic rings. The summed E-state index contributed by atoms with van der Waals surface area (Å²) in [5.74, 6) is 0.856. The Morgan fingerprint density at radius 1 is 1.11 bits per heavy atom. The van der Waals surface area contributed by atoms with E-state index in [9.17, 15) is 0 Å². The predicted octanol–water partition coefficient (Wildman–Crippen LogP) is 3.67. The fourth-order valence-corrected chi connectivity index (χ4v) is 2.96. The average Bonchev–Trinajstić information content (AvgIpc) is 2.31. The Hall–Kier alpha value is -0.0800. The second kappa shape index (κ2) is 8.92. The second-order valence-electron chi connectivity index (χ2n) is 6.51. The number of likely N-dealkylation sites (tertiary alicyclic amines) is 1. The number of hydrogen-bond acceptors (Lipinski definition) is 2. The fraction of sp³-hybridized carbons (Fsp3) is 1.00. The topological polar surface area (TPSA) is 15.3 Å². The van der Waals surface area contributed by atoms with Crippen molar-refractivity contribution >= 4 is 0 Å². The molecule has 0 unspecified atom stereocenters. The summed E-state index contributed by atoms with van der Waals surface area (Å²) in [6, 6.07) is 1.47. The van der Waals surface area contributed by atoms with Gasteiger partial charge in [-0.1, -0.05) is 33.6 Å². The summed E-state index contributed by atoms with van der Waals surface area (Å²) < 4.78 is 0. The molecule has 2 nitrogen and oxygen atoms in total. The third-order valence-electron chi connectivity index (χ3n) is 4.07. The minimum Gasteiger partial charge on any atom is -0.311 e. The van der Waals surface area contributed by atoms with Gasteiger partial charge in [0.25, 0.3) is 0 Å². The van der Waals surface area contributed by atoms with Crippen molar-refractivity contribution in [1.29, 1.82) is 0 Å². The van der Waals surface area contributed by atoms with Crippen LogP contribution >= 0.6 is 0 Å². The summed E-state index contributed by atoms with van der Waals surface area (Å²) in [6.07, 6.45) is 8.07. The van der Waals surface area contributed by atoms with Gasteiger partial charge >= 0.3 is 0 Å². The third-order valence-corrected chi connectivity index (χ3v) is 4.07. The van der Waals surface area contributed by atoms with Crippen LogP contribution in [0, 0.1) is 5.92 Å². The summed E-state index contributed by atoms with van der Waals surface area (Å²) in [4.78, 5) is 2.61. The van der Waals surface area contributed by atoms with Crippen molar-refractivity contribution in [3.63, 3.8) is 0 Å². The van der Waals surface area contributed by atoms with E-state index in [1.807, 2.05) is 0 Å². The summed E-state index contributed by atoms with van der Waals surface area (Å²) in [7, 11) is 0. The normalized spacial score (nSPS) is 20.5. The summed E-state index contributed by atoms with van der Waals surface area (Å²) in [6.45, 7) is 13.2. The molecule has 0 spiro atoms. The molecule has 1 fully saturated rings. The molecule has 0 saturated carbocycles. The molecule has 1 N–H and O–H groups in total. The number of hydrogen-bond donors (Lipinski definition) is 1. The molecular weight excluding hydrogens is 220 g/mol. The quantitative estimate of drug-likeness (QED) is 0.711. The SMILES string of the molecule is CCCN1CCC(N[C@@H](C)CCCC(C)C)CC1. The molecule has 1 rings (SSSR count). The highest BCUT2D eigenvalue weighted by molar-refractivity contribution is 4.79. The van der Waals surface area contributed by atoms with Gasteiger partial charge in [0.15, 0.2) is 0 Å². The van der Waals surface area contributed by atoms with Crippen LogP contribution in [0.5, 0.6) is 0 Å². The van der Waals surface area contributed by atoms with E-state index in [0.29, 0.717) is 6.04 Å². The van der Waals surface area contributed by atoms with Gasteiger partial charge in [0.1, 0.15) is 0 Å². The van der Waals surface area contributed by atoms with Crippen molar-refractivity contribution in [3.05, 3.63) is 0 Å². The van der Waals surface area contributed by atoms with Gasteiger partial charge in [-0.2, -0.15) is 0 Å². The lowest BCUT2D eigenvalue weighted by Gasteiger charge is -2.33. The zero-order valence-electron chi connectivity index (χ0n) is 13.0. The van der Waals surface area contributed by atoms with E-state index in [0.717, 1.165) is 12.0 Å². The Balaban J connectivity index is 2.08. The molecule has 0 radical (unpaired) electrons. The molecule has 0 aliphatic carbocycles. The lowest BCUT2D eigenvalue weighted by Crippen LogP contribution is -2.45. The first-order chi connectivity index (χ1) is 8.61. The van der Waals surface area contributed by atoms with Gasteiger partial charge in [-0.25, -0.2) is 0 Å². The summed E-state index contributed by atoms with van der Waals surface area (Å²) in [5.41, 5.74) is 0. The van der Waals surface area contributed by atoms with Crippen molar-refractivity contribution < 1.29 is 0 Å². The molecule has 0 aromatic carbocycles. The molecule has 0 bridgehead atoms. The van der Waals surface area contributed by atoms with Gasteiger partial charge in [0, 0.05) is 12.1 Å². The first-order valence-electron chi connectivity index (χ1n) is 8.10. The smallest absolute Gasteiger partial charge is 0.00938 e. The fourth-order valence-electron chi connectivity index (χ4n) is 2.96. The van der Waals surface area contributed by atoms with Gasteiger partial charge in [-0.3, -0.25) is 0 Å². The van der Waals surface area contributed by atoms with Crippen LogP contribution in [0.15, 0.2) is 0 Å². The van der Waals surface area contributed by atoms with Crippen LogP contribution in [0.2, 0.25) is 0 Å². The predicted molar refractivity (Wildman–Crippen MR) is 81.0 cm³/mol. The van der Waals surface area contributed by atoms with Crippen LogP contribution in [-0.2, 0) is 0 Å². The van der Waals surface area contributed by atoms with Gasteiger partial charge < -0.3 is 10.2 Å². The first kappa shape index (κ1) is 16.0. The maximum atomic E-state index is 3.83. The van der Waals surface area contributed by atoms with Crippen molar-refractivity contribution in [2.45, 2.75) is 78.3 Å². The molecule has 0 aromatic heterocycles. The van der Waals surface area contributed by atoms with E-state index in [-0.39, 0.29) is 0 Å². The zero-order chi connectivity index (χ0) is 13.4. The molecule has 108 valence electrons. The van der Waals surface area contributed by atoms with Crippen LogP contribution in [0.4, 0.5) is 0 Å². The highest BCUT2D eigenvalue weighted by Crippen LogP contribution is 2.13. The van der Waals surface area contributed by atoms with Crippen molar-refractivity contribution in [2.75, 3.05) is 19.6 Å². The Kier molecular flexibility index (Phi) is 7.92. The number of nitrogens with one attached hydrogen (secondary N) is 1. The molecule has 0 aromatic rings. The van der Waals surface area contributed by atoms with Crippen molar-refractivity contribution in [3.8, 4) is 0 Å². The zero-order valence-corrected chi connectivity index (χ0v) is 13.0. The average molecular weight is 254 g/mol. The van der Waals surface area contributed by atoms with E-state index in [1.54, 1.807) is 0 Å².